The van der Waals surface area contributed by atoms with Gasteiger partial charge in [0.25, 0.3) is 0 Å². The van der Waals surface area contributed by atoms with E-state index in [0.29, 0.717) is 12.8 Å². The number of aliphatic hydroxyl groups is 1. The molecule has 0 rings (SSSR count). The van der Waals surface area contributed by atoms with E-state index < -0.39 is 11.3 Å². The Hall–Kier alpha value is -1.34. The summed E-state index contributed by atoms with van der Waals surface area (Å²) < 4.78 is -0.190. The third kappa shape index (κ3) is 20.9. The third-order valence-corrected chi connectivity index (χ3v) is 11.1. The summed E-state index contributed by atoms with van der Waals surface area (Å²) in [4.78, 5) is 27.0. The first-order valence-corrected chi connectivity index (χ1v) is 20.9. The highest BCUT2D eigenvalue weighted by Gasteiger charge is 2.58. The molecule has 0 aromatic carbocycles. The number of quaternary nitrogens is 1. The van der Waals surface area contributed by atoms with Crippen LogP contribution in [0.25, 0.3) is 0 Å². The van der Waals surface area contributed by atoms with Crippen LogP contribution in [0.2, 0.25) is 0 Å². The van der Waals surface area contributed by atoms with Crippen molar-refractivity contribution in [2.45, 2.75) is 219 Å². The number of hydrogen-bond acceptors (Lipinski definition) is 5. The number of Topliss-reactive ketones (excluding diaryl/α,β-unsaturated/α-hetero) is 2. The van der Waals surface area contributed by atoms with Gasteiger partial charge in [0.2, 0.25) is 22.9 Å². The van der Waals surface area contributed by atoms with Crippen LogP contribution in [-0.2, 0) is 9.59 Å². The Kier molecular flexibility index (Phi) is 29.5. The van der Waals surface area contributed by atoms with Gasteiger partial charge in [-0.1, -0.05) is 141 Å². The molecular weight excluding hydrogens is 606 g/mol. The topological polar surface area (TPSA) is 106 Å². The molecule has 0 saturated heterocycles. The third-order valence-electron chi connectivity index (χ3n) is 11.1. The Labute approximate surface area is 304 Å². The summed E-state index contributed by atoms with van der Waals surface area (Å²) in [5.74, 6) is -0.182. The molecule has 3 unspecified atom stereocenters. The van der Waals surface area contributed by atoms with Crippen molar-refractivity contribution in [2.75, 3.05) is 20.2 Å². The molecule has 0 amide bonds. The van der Waals surface area contributed by atoms with Crippen LogP contribution in [0.3, 0.4) is 0 Å². The molecule has 0 radical (unpaired) electrons. The van der Waals surface area contributed by atoms with Crippen LogP contribution >= 0.6 is 0 Å². The summed E-state index contributed by atoms with van der Waals surface area (Å²) in [5.41, 5.74) is 10.8. The van der Waals surface area contributed by atoms with Gasteiger partial charge >= 0.3 is 0 Å². The first kappa shape index (κ1) is 47.7. The van der Waals surface area contributed by atoms with Crippen molar-refractivity contribution in [3.05, 3.63) is 24.3 Å². The number of nitrogens with two attached hydrogens (primary N) is 2. The first-order chi connectivity index (χ1) is 23.5. The van der Waals surface area contributed by atoms with Gasteiger partial charge in [0, 0.05) is 26.7 Å². The van der Waals surface area contributed by atoms with Gasteiger partial charge in [0.15, 0.2) is 0 Å². The Balaban J connectivity index is 4.41. The van der Waals surface area contributed by atoms with Crippen LogP contribution in [0.1, 0.15) is 207 Å². The van der Waals surface area contributed by atoms with E-state index >= 15 is 0 Å². The minimum atomic E-state index is -1.37. The largest absolute Gasteiger partial charge is 0.391 e. The summed E-state index contributed by atoms with van der Waals surface area (Å²) in [6.45, 7) is 7.87. The number of likely N-dealkylation sites (N-methyl/N-ethyl adjacent to an activating group) is 1. The zero-order chi connectivity index (χ0) is 36.7. The maximum atomic E-state index is 13.5. The quantitative estimate of drug-likeness (QED) is 0.0262. The van der Waals surface area contributed by atoms with E-state index in [1.807, 2.05) is 0 Å². The molecule has 288 valence electrons. The minimum absolute atomic E-state index is 0.0911. The van der Waals surface area contributed by atoms with Gasteiger partial charge < -0.3 is 5.11 Å². The van der Waals surface area contributed by atoms with Crippen molar-refractivity contribution < 1.29 is 19.2 Å². The van der Waals surface area contributed by atoms with Crippen LogP contribution in [0.15, 0.2) is 24.3 Å². The second-order valence-corrected chi connectivity index (χ2v) is 15.4. The number of allylic oxidation sites excluding steroid dienone is 4. The van der Waals surface area contributed by atoms with E-state index in [2.05, 4.69) is 38.2 Å². The number of hydrogen-bond donors (Lipinski definition) is 3. The predicted octanol–water partition coefficient (Wildman–Crippen LogP) is 11.0. The normalized spacial score (nSPS) is 15.8. The molecule has 6 heteroatoms. The monoisotopic (exact) mass is 691 g/mol. The Morgan fingerprint density at radius 2 is 0.776 bits per heavy atom. The molecule has 5 N–H and O–H groups in total. The van der Waals surface area contributed by atoms with Crippen molar-refractivity contribution in [1.82, 2.24) is 0 Å². The number of ketones is 2. The maximum Gasteiger partial charge on any atom is 0.209 e. The second kappa shape index (κ2) is 30.3. The smallest absolute Gasteiger partial charge is 0.209 e. The highest BCUT2D eigenvalue weighted by atomic mass is 16.3. The van der Waals surface area contributed by atoms with Gasteiger partial charge in [-0.2, -0.15) is 0 Å². The fraction of sp³-hybridized carbons (Fsp3) is 0.860. The molecule has 49 heavy (non-hydrogen) atoms. The Bertz CT molecular complexity index is 800. The van der Waals surface area contributed by atoms with E-state index in [1.165, 1.54) is 116 Å². The average Bonchev–Trinajstić information content (AvgIpc) is 3.07. The lowest BCUT2D eigenvalue weighted by Crippen LogP contribution is -2.82. The van der Waals surface area contributed by atoms with Crippen molar-refractivity contribution >= 4 is 11.6 Å². The van der Waals surface area contributed by atoms with E-state index in [9.17, 15) is 14.7 Å². The Morgan fingerprint density at radius 1 is 0.510 bits per heavy atom. The molecule has 0 heterocycles. The van der Waals surface area contributed by atoms with E-state index in [1.54, 1.807) is 20.9 Å². The SMILES string of the molecule is CCCCCCCCC=CCCCCCCCC(=O)C(C)(N)[N+](C)(CCO)C(C)(N)C(=O)CCCCCCC/C=C\CCCCCCCC. The fourth-order valence-electron chi connectivity index (χ4n) is 6.92. The van der Waals surface area contributed by atoms with Gasteiger partial charge in [0.05, 0.1) is 13.7 Å². The molecule has 6 nitrogen and oxygen atoms in total. The first-order valence-electron chi connectivity index (χ1n) is 20.9. The zero-order valence-corrected chi connectivity index (χ0v) is 33.4. The van der Waals surface area contributed by atoms with Gasteiger partial charge in [-0.15, -0.1) is 0 Å². The molecule has 0 aromatic rings. The van der Waals surface area contributed by atoms with Crippen LogP contribution in [0, 0.1) is 0 Å². The second-order valence-electron chi connectivity index (χ2n) is 15.4. The van der Waals surface area contributed by atoms with Crippen molar-refractivity contribution in [3.8, 4) is 0 Å². The number of nitrogens with zero attached hydrogens (tertiary/aromatic N) is 1. The van der Waals surface area contributed by atoms with Gasteiger partial charge in [-0.05, 0) is 64.2 Å². The highest BCUT2D eigenvalue weighted by molar-refractivity contribution is 5.89. The number of carbonyl (C=O) groups is 2. The van der Waals surface area contributed by atoms with Crippen molar-refractivity contribution in [3.63, 3.8) is 0 Å². The van der Waals surface area contributed by atoms with Crippen LogP contribution < -0.4 is 11.5 Å². The van der Waals surface area contributed by atoms with E-state index in [4.69, 9.17) is 11.5 Å². The summed E-state index contributed by atoms with van der Waals surface area (Å²) in [5, 5.41) is 9.97. The molecule has 0 aromatic heterocycles. The minimum Gasteiger partial charge on any atom is -0.391 e. The van der Waals surface area contributed by atoms with E-state index in [0.717, 1.165) is 51.4 Å². The predicted molar refractivity (Wildman–Crippen MR) is 212 cm³/mol. The maximum absolute atomic E-state index is 13.5. The summed E-state index contributed by atoms with van der Waals surface area (Å²) in [6.07, 6.45) is 41.3. The van der Waals surface area contributed by atoms with Crippen LogP contribution in [0.4, 0.5) is 0 Å². The lowest BCUT2D eigenvalue weighted by Gasteiger charge is -2.53. The summed E-state index contributed by atoms with van der Waals surface area (Å²) in [7, 11) is 1.77. The lowest BCUT2D eigenvalue weighted by molar-refractivity contribution is -0.982. The van der Waals surface area contributed by atoms with Crippen LogP contribution in [0.5, 0.6) is 0 Å². The zero-order valence-electron chi connectivity index (χ0n) is 33.4. The molecule has 3 atom stereocenters. The lowest BCUT2D eigenvalue weighted by atomic mass is 9.89. The highest BCUT2D eigenvalue weighted by Crippen LogP contribution is 2.31. The average molecular weight is 691 g/mol. The van der Waals surface area contributed by atoms with Gasteiger partial charge in [-0.25, -0.2) is 0 Å². The Morgan fingerprint density at radius 3 is 1.06 bits per heavy atom. The number of unbranched alkanes of at least 4 members (excludes halogenated alkanes) is 22. The molecule has 0 aliphatic rings. The number of aliphatic hydroxyl groups excluding tert-OH is 1. The van der Waals surface area contributed by atoms with Gasteiger partial charge in [-0.3, -0.25) is 25.5 Å². The van der Waals surface area contributed by atoms with Gasteiger partial charge in [0.1, 0.15) is 6.54 Å². The molecule has 0 aliphatic carbocycles. The summed E-state index contributed by atoms with van der Waals surface area (Å²) >= 11 is 0. The molecule has 0 fully saturated rings. The van der Waals surface area contributed by atoms with E-state index in [-0.39, 0.29) is 29.2 Å². The fourth-order valence-corrected chi connectivity index (χ4v) is 6.92. The molecule has 0 saturated carbocycles. The number of carbonyl (C=O) groups excluding carboxylic acids is 2. The molecule has 0 bridgehead atoms. The molecular formula is C43H84N3O3+. The summed E-state index contributed by atoms with van der Waals surface area (Å²) in [6, 6.07) is 0. The standard InChI is InChI=1S/C43H84N3O3/c1-6-8-10-12-14-16-18-20-22-24-26-28-30-32-34-36-40(48)42(3,44)46(5,38-39-47)43(4,45)41(49)37-35-33-31-29-27-25-23-21-19-17-15-13-11-9-7-2/h20-23,47H,6-19,24-39,44-45H2,1-5H3/q+1/b22-20-,23-21?. The molecule has 0 spiro atoms. The van der Waals surface area contributed by atoms with Crippen LogP contribution in [-0.4, -0.2) is 52.7 Å². The molecule has 0 aliphatic heterocycles. The number of rotatable bonds is 36. The van der Waals surface area contributed by atoms with Crippen molar-refractivity contribution in [2.24, 2.45) is 11.5 Å². The van der Waals surface area contributed by atoms with Crippen molar-refractivity contribution in [1.29, 1.82) is 0 Å².